The molecule has 0 radical (unpaired) electrons. The predicted molar refractivity (Wildman–Crippen MR) is 69.3 cm³/mol. The smallest absolute Gasteiger partial charge is 0.236 e. The van der Waals surface area contributed by atoms with Crippen molar-refractivity contribution in [2.24, 2.45) is 0 Å². The van der Waals surface area contributed by atoms with Crippen LogP contribution in [0.5, 0.6) is 0 Å². The molecule has 0 amide bonds. The molecule has 4 nitrogen and oxygen atoms in total. The Labute approximate surface area is 119 Å². The first-order valence-electron chi connectivity index (χ1n) is 6.30. The molecule has 9 heteroatoms. The molecule has 0 aromatic heterocycles. The molecule has 1 aromatic carbocycles. The number of rotatable bonds is 6. The third-order valence-electron chi connectivity index (χ3n) is 3.16. The third kappa shape index (κ3) is 3.65. The van der Waals surface area contributed by atoms with Gasteiger partial charge in [0.2, 0.25) is 10.0 Å². The summed E-state index contributed by atoms with van der Waals surface area (Å²) in [5, 5.41) is 1.92. The first kappa shape index (κ1) is 16.0. The van der Waals surface area contributed by atoms with Gasteiger partial charge in [-0.15, -0.1) is 0 Å². The second-order valence-electron chi connectivity index (χ2n) is 4.98. The number of hydrogen-bond acceptors (Lipinski definition) is 3. The minimum Gasteiger partial charge on any atom is -0.313 e. The largest absolute Gasteiger partial charge is 0.313 e. The van der Waals surface area contributed by atoms with Gasteiger partial charge in [-0.3, -0.25) is 4.72 Å². The number of anilines is 1. The summed E-state index contributed by atoms with van der Waals surface area (Å²) in [6, 6.07) is 0.267. The van der Waals surface area contributed by atoms with Gasteiger partial charge in [-0.05, 0) is 19.8 Å². The van der Waals surface area contributed by atoms with E-state index >= 15 is 0 Å². The number of sulfonamides is 1. The number of hydrogen-bond donors (Lipinski definition) is 2. The molecule has 0 spiro atoms. The van der Waals surface area contributed by atoms with Crippen LogP contribution >= 0.6 is 0 Å². The van der Waals surface area contributed by atoms with Crippen molar-refractivity contribution >= 4 is 15.7 Å². The maximum absolute atomic E-state index is 13.4. The van der Waals surface area contributed by atoms with E-state index in [1.54, 1.807) is 4.72 Å². The summed E-state index contributed by atoms with van der Waals surface area (Å²) in [6.07, 6.45) is 1.89. The highest BCUT2D eigenvalue weighted by Crippen LogP contribution is 2.26. The van der Waals surface area contributed by atoms with Crippen molar-refractivity contribution in [3.8, 4) is 0 Å². The van der Waals surface area contributed by atoms with Gasteiger partial charge in [0.1, 0.15) is 5.69 Å². The van der Waals surface area contributed by atoms with Crippen molar-refractivity contribution in [3.05, 3.63) is 29.3 Å². The summed E-state index contributed by atoms with van der Waals surface area (Å²) in [5.74, 6) is -6.90. The van der Waals surface area contributed by atoms with Crippen LogP contribution in [0.15, 0.2) is 6.07 Å². The van der Waals surface area contributed by atoms with Crippen molar-refractivity contribution in [1.29, 1.82) is 0 Å². The molecule has 1 atom stereocenters. The second kappa shape index (κ2) is 5.80. The van der Waals surface area contributed by atoms with Gasteiger partial charge in [-0.25, -0.2) is 26.0 Å². The lowest BCUT2D eigenvalue weighted by Crippen LogP contribution is -2.36. The lowest BCUT2D eigenvalue weighted by Gasteiger charge is -2.16. The minimum absolute atomic E-state index is 0.0144. The molecule has 0 aliphatic heterocycles. The van der Waals surface area contributed by atoms with Gasteiger partial charge in [0.05, 0.1) is 5.25 Å². The Bertz CT molecular complexity index is 621. The Morgan fingerprint density at radius 3 is 2.19 bits per heavy atom. The van der Waals surface area contributed by atoms with Crippen LogP contribution < -0.4 is 10.0 Å². The van der Waals surface area contributed by atoms with Gasteiger partial charge >= 0.3 is 0 Å². The standard InChI is InChI=1S/C12H14F4N2O2S/c1-6(5-17-7-2-3-7)21(19,20)18-12-10(15)8(13)4-9(14)11(12)16/h4,6-7,17-18H,2-3,5H2,1H3. The van der Waals surface area contributed by atoms with Crippen LogP contribution in [0.2, 0.25) is 0 Å². The molecular formula is C12H14F4N2O2S. The van der Waals surface area contributed by atoms with Crippen LogP contribution in [0, 0.1) is 23.3 Å². The van der Waals surface area contributed by atoms with Crippen molar-refractivity contribution in [2.75, 3.05) is 11.3 Å². The maximum Gasteiger partial charge on any atom is 0.236 e. The fraction of sp³-hybridized carbons (Fsp3) is 0.500. The Morgan fingerprint density at radius 1 is 1.19 bits per heavy atom. The van der Waals surface area contributed by atoms with Crippen molar-refractivity contribution in [1.82, 2.24) is 5.32 Å². The summed E-state index contributed by atoms with van der Waals surface area (Å²) in [5.41, 5.74) is -1.34. The predicted octanol–water partition coefficient (Wildman–Crippen LogP) is 2.13. The van der Waals surface area contributed by atoms with Crippen LogP contribution in [-0.2, 0) is 10.0 Å². The summed E-state index contributed by atoms with van der Waals surface area (Å²) in [7, 11) is -4.19. The molecule has 21 heavy (non-hydrogen) atoms. The maximum atomic E-state index is 13.4. The Balaban J connectivity index is 2.19. The molecular weight excluding hydrogens is 312 g/mol. The normalized spacial score (nSPS) is 16.8. The summed E-state index contributed by atoms with van der Waals surface area (Å²) in [4.78, 5) is 0. The van der Waals surface area contributed by atoms with Crippen LogP contribution in [-0.4, -0.2) is 26.3 Å². The molecule has 1 fully saturated rings. The zero-order chi connectivity index (χ0) is 15.8. The van der Waals surface area contributed by atoms with E-state index < -0.39 is 44.2 Å². The van der Waals surface area contributed by atoms with E-state index in [0.29, 0.717) is 0 Å². The molecule has 2 N–H and O–H groups in total. The number of halogens is 4. The Hall–Kier alpha value is -1.35. The second-order valence-corrected chi connectivity index (χ2v) is 7.08. The van der Waals surface area contributed by atoms with Gasteiger partial charge < -0.3 is 5.32 Å². The van der Waals surface area contributed by atoms with Crippen LogP contribution in [0.4, 0.5) is 23.2 Å². The van der Waals surface area contributed by atoms with Gasteiger partial charge in [0.25, 0.3) is 0 Å². The molecule has 1 aliphatic carbocycles. The Kier molecular flexibility index (Phi) is 4.43. The van der Waals surface area contributed by atoms with E-state index in [1.165, 1.54) is 6.92 Å². The fourth-order valence-corrected chi connectivity index (χ4v) is 2.62. The molecule has 1 aliphatic rings. The molecule has 118 valence electrons. The van der Waals surface area contributed by atoms with E-state index in [2.05, 4.69) is 5.32 Å². The molecule has 1 unspecified atom stereocenters. The lowest BCUT2D eigenvalue weighted by atomic mass is 10.3. The summed E-state index contributed by atoms with van der Waals surface area (Å²) >= 11 is 0. The topological polar surface area (TPSA) is 58.2 Å². The van der Waals surface area contributed by atoms with Gasteiger partial charge in [-0.1, -0.05) is 0 Å². The monoisotopic (exact) mass is 326 g/mol. The van der Waals surface area contributed by atoms with Crippen LogP contribution in [0.1, 0.15) is 19.8 Å². The number of benzene rings is 1. The first-order valence-corrected chi connectivity index (χ1v) is 7.85. The van der Waals surface area contributed by atoms with Crippen LogP contribution in [0.3, 0.4) is 0 Å². The quantitative estimate of drug-likeness (QED) is 0.622. The minimum atomic E-state index is -4.19. The zero-order valence-electron chi connectivity index (χ0n) is 11.1. The average Bonchev–Trinajstić information content (AvgIpc) is 3.22. The van der Waals surface area contributed by atoms with Crippen molar-refractivity contribution in [3.63, 3.8) is 0 Å². The Morgan fingerprint density at radius 2 is 1.71 bits per heavy atom. The van der Waals surface area contributed by atoms with Gasteiger partial charge in [-0.2, -0.15) is 0 Å². The van der Waals surface area contributed by atoms with E-state index in [0.717, 1.165) is 12.8 Å². The van der Waals surface area contributed by atoms with Gasteiger partial charge in [0.15, 0.2) is 23.3 Å². The highest BCUT2D eigenvalue weighted by molar-refractivity contribution is 7.93. The SMILES string of the molecule is CC(CNC1CC1)S(=O)(=O)Nc1c(F)c(F)cc(F)c1F. The number of nitrogens with one attached hydrogen (secondary N) is 2. The van der Waals surface area contributed by atoms with E-state index in [-0.39, 0.29) is 18.7 Å². The fourth-order valence-electron chi connectivity index (χ4n) is 1.64. The van der Waals surface area contributed by atoms with E-state index in [9.17, 15) is 26.0 Å². The highest BCUT2D eigenvalue weighted by Gasteiger charge is 2.29. The van der Waals surface area contributed by atoms with E-state index in [4.69, 9.17) is 0 Å². The van der Waals surface area contributed by atoms with E-state index in [1.807, 2.05) is 0 Å². The zero-order valence-corrected chi connectivity index (χ0v) is 11.9. The van der Waals surface area contributed by atoms with Crippen LogP contribution in [0.25, 0.3) is 0 Å². The lowest BCUT2D eigenvalue weighted by molar-refractivity contribution is 0.459. The molecule has 1 aromatic rings. The van der Waals surface area contributed by atoms with Crippen molar-refractivity contribution < 1.29 is 26.0 Å². The average molecular weight is 326 g/mol. The molecule has 0 heterocycles. The van der Waals surface area contributed by atoms with Crippen molar-refractivity contribution in [2.45, 2.75) is 31.1 Å². The molecule has 2 rings (SSSR count). The highest BCUT2D eigenvalue weighted by atomic mass is 32.2. The third-order valence-corrected chi connectivity index (χ3v) is 4.87. The molecule has 1 saturated carbocycles. The molecule has 0 saturated heterocycles. The first-order chi connectivity index (χ1) is 9.72. The van der Waals surface area contributed by atoms with Gasteiger partial charge in [0, 0.05) is 18.7 Å². The molecule has 0 bridgehead atoms. The summed E-state index contributed by atoms with van der Waals surface area (Å²) < 4.78 is 78.4. The summed E-state index contributed by atoms with van der Waals surface area (Å²) in [6.45, 7) is 1.39.